The summed E-state index contributed by atoms with van der Waals surface area (Å²) in [7, 11) is 0. The Balaban J connectivity index is 1.41. The molecule has 0 aromatic rings. The van der Waals surface area contributed by atoms with E-state index >= 15 is 0 Å². The molecule has 0 saturated heterocycles. The summed E-state index contributed by atoms with van der Waals surface area (Å²) in [5, 5.41) is 10.2. The monoisotopic (exact) mass is 358 g/mol. The summed E-state index contributed by atoms with van der Waals surface area (Å²) >= 11 is 0. The van der Waals surface area contributed by atoms with E-state index < -0.39 is 0 Å². The van der Waals surface area contributed by atoms with Crippen molar-refractivity contribution >= 4 is 5.97 Å². The lowest BCUT2D eigenvalue weighted by molar-refractivity contribution is -0.135. The third-order valence-electron chi connectivity index (χ3n) is 9.77. The number of carbonyl (C=O) groups excluding carboxylic acids is 1. The van der Waals surface area contributed by atoms with E-state index in [9.17, 15) is 9.90 Å². The molecule has 0 amide bonds. The highest BCUT2D eigenvalue weighted by molar-refractivity contribution is 5.85. The molecule has 5 rings (SSSR count). The number of cyclic esters (lactones) is 1. The van der Waals surface area contributed by atoms with Crippen molar-refractivity contribution in [3.63, 3.8) is 0 Å². The summed E-state index contributed by atoms with van der Waals surface area (Å²) < 4.78 is 5.25. The molecular weight excluding hydrogens is 324 g/mol. The average Bonchev–Trinajstić information content (AvgIpc) is 3.18. The Hall–Kier alpha value is -0.830. The number of ether oxygens (including phenoxy) is 1. The smallest absolute Gasteiger partial charge is 0.331 e. The van der Waals surface area contributed by atoms with Gasteiger partial charge in [0.15, 0.2) is 0 Å². The average molecular weight is 359 g/mol. The standard InChI is InChI=1S/C23H34O3/c1-22-9-7-16(24)12-15(22)3-4-17-19-6-5-18(14-11-21(25)26-13-14)23(19,2)10-8-20(17)22/h11,15-20,24H,3-10,12-13H2,1-2H3/t15?,16?,17-,18+,19+,20-,22-,23+/m0/s1. The van der Waals surface area contributed by atoms with Gasteiger partial charge in [-0.2, -0.15) is 0 Å². The molecule has 0 aromatic carbocycles. The van der Waals surface area contributed by atoms with Crippen LogP contribution in [0.15, 0.2) is 11.6 Å². The van der Waals surface area contributed by atoms with Crippen molar-refractivity contribution in [1.82, 2.24) is 0 Å². The maximum absolute atomic E-state index is 11.6. The van der Waals surface area contributed by atoms with Crippen LogP contribution in [-0.2, 0) is 9.53 Å². The van der Waals surface area contributed by atoms with Crippen molar-refractivity contribution in [3.8, 4) is 0 Å². The van der Waals surface area contributed by atoms with Crippen molar-refractivity contribution in [2.75, 3.05) is 6.61 Å². The van der Waals surface area contributed by atoms with Gasteiger partial charge in [0.1, 0.15) is 6.61 Å². The third-order valence-corrected chi connectivity index (χ3v) is 9.77. The Kier molecular flexibility index (Phi) is 3.88. The van der Waals surface area contributed by atoms with Gasteiger partial charge in [0.05, 0.1) is 6.10 Å². The SMILES string of the molecule is C[C@]12CC[C@H]3[C@@H](CCC4CC(O)CC[C@@]43C)[C@H]1CC[C@@H]2C1=CC(=O)OC1. The van der Waals surface area contributed by atoms with Crippen LogP contribution in [0.4, 0.5) is 0 Å². The molecule has 1 aliphatic heterocycles. The normalized spacial score (nSPS) is 53.3. The van der Waals surface area contributed by atoms with Gasteiger partial charge in [-0.3, -0.25) is 0 Å². The van der Waals surface area contributed by atoms with E-state index in [4.69, 9.17) is 4.74 Å². The molecule has 4 saturated carbocycles. The second-order valence-corrected chi connectivity index (χ2v) is 10.6. The van der Waals surface area contributed by atoms with Crippen LogP contribution < -0.4 is 0 Å². The molecule has 3 nitrogen and oxygen atoms in total. The number of carbonyl (C=O) groups is 1. The second-order valence-electron chi connectivity index (χ2n) is 10.6. The number of fused-ring (bicyclic) bond motifs is 5. The first-order valence-electron chi connectivity index (χ1n) is 11.0. The van der Waals surface area contributed by atoms with E-state index in [-0.39, 0.29) is 12.1 Å². The highest BCUT2D eigenvalue weighted by atomic mass is 16.5. The molecule has 0 spiro atoms. The fraction of sp³-hybridized carbons (Fsp3) is 0.870. The van der Waals surface area contributed by atoms with Crippen LogP contribution in [-0.4, -0.2) is 23.8 Å². The summed E-state index contributed by atoms with van der Waals surface area (Å²) in [6.45, 7) is 5.62. The lowest BCUT2D eigenvalue weighted by Gasteiger charge is -2.61. The molecule has 1 N–H and O–H groups in total. The Labute approximate surface area is 157 Å². The van der Waals surface area contributed by atoms with Gasteiger partial charge in [0, 0.05) is 6.08 Å². The first-order chi connectivity index (χ1) is 12.4. The van der Waals surface area contributed by atoms with Crippen LogP contribution in [0, 0.1) is 40.4 Å². The molecule has 2 unspecified atom stereocenters. The Morgan fingerprint density at radius 2 is 1.77 bits per heavy atom. The third kappa shape index (κ3) is 2.31. The number of aliphatic hydroxyl groups is 1. The van der Waals surface area contributed by atoms with E-state index in [1.807, 2.05) is 0 Å². The predicted molar refractivity (Wildman–Crippen MR) is 100 cm³/mol. The molecule has 3 heteroatoms. The number of esters is 1. The van der Waals surface area contributed by atoms with Gasteiger partial charge in [-0.15, -0.1) is 0 Å². The first kappa shape index (κ1) is 17.3. The zero-order valence-corrected chi connectivity index (χ0v) is 16.4. The van der Waals surface area contributed by atoms with Gasteiger partial charge in [-0.05, 0) is 104 Å². The minimum atomic E-state index is -0.130. The lowest BCUT2D eigenvalue weighted by atomic mass is 9.44. The molecule has 1 heterocycles. The van der Waals surface area contributed by atoms with Crippen molar-refractivity contribution in [3.05, 3.63) is 11.6 Å². The summed E-state index contributed by atoms with van der Waals surface area (Å²) in [6.07, 6.45) is 12.9. The highest BCUT2D eigenvalue weighted by Gasteiger charge is 2.60. The zero-order valence-electron chi connectivity index (χ0n) is 16.4. The van der Waals surface area contributed by atoms with Crippen LogP contribution in [0.5, 0.6) is 0 Å². The number of hydrogen-bond acceptors (Lipinski definition) is 3. The van der Waals surface area contributed by atoms with E-state index in [0.29, 0.717) is 23.4 Å². The molecule has 26 heavy (non-hydrogen) atoms. The molecule has 5 aliphatic rings. The maximum Gasteiger partial charge on any atom is 0.331 e. The van der Waals surface area contributed by atoms with Crippen LogP contribution in [0.1, 0.15) is 71.6 Å². The molecule has 0 radical (unpaired) electrons. The first-order valence-corrected chi connectivity index (χ1v) is 11.0. The Morgan fingerprint density at radius 1 is 1.00 bits per heavy atom. The van der Waals surface area contributed by atoms with E-state index in [1.54, 1.807) is 6.08 Å². The maximum atomic E-state index is 11.6. The van der Waals surface area contributed by atoms with Crippen molar-refractivity contribution in [1.29, 1.82) is 0 Å². The van der Waals surface area contributed by atoms with Gasteiger partial charge in [-0.1, -0.05) is 13.8 Å². The Bertz CT molecular complexity index is 639. The van der Waals surface area contributed by atoms with Crippen LogP contribution >= 0.6 is 0 Å². The fourth-order valence-electron chi connectivity index (χ4n) is 8.43. The molecule has 0 aromatic heterocycles. The number of hydrogen-bond donors (Lipinski definition) is 1. The predicted octanol–water partition coefficient (Wildman–Crippen LogP) is 4.49. The summed E-state index contributed by atoms with van der Waals surface area (Å²) in [5.41, 5.74) is 2.09. The van der Waals surface area contributed by atoms with Gasteiger partial charge in [0.2, 0.25) is 0 Å². The lowest BCUT2D eigenvalue weighted by Crippen LogP contribution is -2.54. The molecule has 144 valence electrons. The largest absolute Gasteiger partial charge is 0.458 e. The number of rotatable bonds is 1. The molecule has 4 fully saturated rings. The fourth-order valence-corrected chi connectivity index (χ4v) is 8.43. The van der Waals surface area contributed by atoms with Gasteiger partial charge in [0.25, 0.3) is 0 Å². The van der Waals surface area contributed by atoms with Crippen LogP contribution in [0.3, 0.4) is 0 Å². The van der Waals surface area contributed by atoms with E-state index in [1.165, 1.54) is 50.5 Å². The topological polar surface area (TPSA) is 46.5 Å². The molecular formula is C23H34O3. The highest BCUT2D eigenvalue weighted by Crippen LogP contribution is 2.68. The van der Waals surface area contributed by atoms with Crippen molar-refractivity contribution < 1.29 is 14.6 Å². The summed E-state index contributed by atoms with van der Waals surface area (Å²) in [4.78, 5) is 11.6. The molecule has 0 bridgehead atoms. The quantitative estimate of drug-likeness (QED) is 0.703. The summed E-state index contributed by atoms with van der Waals surface area (Å²) in [5.74, 6) is 3.67. The van der Waals surface area contributed by atoms with E-state index in [2.05, 4.69) is 13.8 Å². The minimum Gasteiger partial charge on any atom is -0.458 e. The molecule has 4 aliphatic carbocycles. The van der Waals surface area contributed by atoms with Crippen molar-refractivity contribution in [2.45, 2.75) is 77.7 Å². The molecule has 8 atom stereocenters. The van der Waals surface area contributed by atoms with Gasteiger partial charge >= 0.3 is 5.97 Å². The van der Waals surface area contributed by atoms with Gasteiger partial charge < -0.3 is 9.84 Å². The second kappa shape index (κ2) is 5.83. The number of aliphatic hydroxyl groups excluding tert-OH is 1. The van der Waals surface area contributed by atoms with Crippen LogP contribution in [0.25, 0.3) is 0 Å². The van der Waals surface area contributed by atoms with E-state index in [0.717, 1.165) is 36.5 Å². The minimum absolute atomic E-state index is 0.0545. The Morgan fingerprint density at radius 3 is 2.54 bits per heavy atom. The summed E-state index contributed by atoms with van der Waals surface area (Å²) in [6, 6.07) is 0. The van der Waals surface area contributed by atoms with Crippen molar-refractivity contribution in [2.24, 2.45) is 40.4 Å². The zero-order chi connectivity index (χ0) is 18.1. The van der Waals surface area contributed by atoms with Gasteiger partial charge in [-0.25, -0.2) is 4.79 Å². The van der Waals surface area contributed by atoms with Crippen LogP contribution in [0.2, 0.25) is 0 Å².